The van der Waals surface area contributed by atoms with Crippen LogP contribution >= 0.6 is 11.8 Å². The smallest absolute Gasteiger partial charge is 0.254 e. The molecule has 1 aromatic carbocycles. The summed E-state index contributed by atoms with van der Waals surface area (Å²) in [6.45, 7) is 2.51. The molecule has 1 amide bonds. The average molecular weight is 305 g/mol. The lowest BCUT2D eigenvalue weighted by molar-refractivity contribution is 0.0706. The van der Waals surface area contributed by atoms with Gasteiger partial charge in [0.05, 0.1) is 6.61 Å². The van der Waals surface area contributed by atoms with E-state index in [-0.39, 0.29) is 5.91 Å². The molecule has 1 aliphatic heterocycles. The quantitative estimate of drug-likeness (QED) is 0.808. The highest BCUT2D eigenvalue weighted by Gasteiger charge is 2.35. The molecule has 1 aliphatic carbocycles. The minimum absolute atomic E-state index is 0.195. The number of carbonyl (C=O) groups excluding carboxylic acids is 1. The fraction of sp³-hybridized carbons (Fsp3) is 0.588. The van der Waals surface area contributed by atoms with Crippen molar-refractivity contribution < 1.29 is 9.53 Å². The van der Waals surface area contributed by atoms with Gasteiger partial charge in [0.25, 0.3) is 5.91 Å². The van der Waals surface area contributed by atoms with E-state index in [4.69, 9.17) is 4.74 Å². The zero-order chi connectivity index (χ0) is 14.7. The Labute approximate surface area is 131 Å². The molecule has 21 heavy (non-hydrogen) atoms. The van der Waals surface area contributed by atoms with Crippen LogP contribution in [0.5, 0.6) is 0 Å². The Hall–Kier alpha value is -1.00. The number of ether oxygens (including phenoxy) is 1. The van der Waals surface area contributed by atoms with E-state index in [0.717, 1.165) is 50.3 Å². The first-order valence-corrected chi connectivity index (χ1v) is 9.14. The first kappa shape index (κ1) is 14.9. The number of thioether (sulfide) groups is 1. The largest absolute Gasteiger partial charge is 0.381 e. The maximum absolute atomic E-state index is 12.8. The predicted octanol–water partition coefficient (Wildman–Crippen LogP) is 3.19. The number of hydrogen-bond acceptors (Lipinski definition) is 3. The summed E-state index contributed by atoms with van der Waals surface area (Å²) >= 11 is 1.80. The molecule has 4 heteroatoms. The van der Waals surface area contributed by atoms with E-state index in [0.29, 0.717) is 12.0 Å². The summed E-state index contributed by atoms with van der Waals surface area (Å²) in [5.41, 5.74) is 2.10. The standard InChI is InChI=1S/C17H23NO2S/c1-21-12-13-2-4-15(5-3-13)17(19)18(16-6-7-16)10-14-8-9-20-11-14/h2-5,14,16H,6-12H2,1H3. The Bertz CT molecular complexity index is 478. The van der Waals surface area contributed by atoms with Gasteiger partial charge in [-0.1, -0.05) is 12.1 Å². The molecule has 0 radical (unpaired) electrons. The molecule has 1 aromatic rings. The van der Waals surface area contributed by atoms with Gasteiger partial charge in [0.2, 0.25) is 0 Å². The van der Waals surface area contributed by atoms with Crippen molar-refractivity contribution in [1.29, 1.82) is 0 Å². The molecule has 1 saturated carbocycles. The molecule has 2 aliphatic rings. The maximum Gasteiger partial charge on any atom is 0.254 e. The second-order valence-corrected chi connectivity index (χ2v) is 6.91. The van der Waals surface area contributed by atoms with Crippen LogP contribution in [0.15, 0.2) is 24.3 Å². The summed E-state index contributed by atoms with van der Waals surface area (Å²) in [7, 11) is 0. The van der Waals surface area contributed by atoms with Gasteiger partial charge < -0.3 is 9.64 Å². The number of rotatable bonds is 6. The molecule has 1 saturated heterocycles. The zero-order valence-electron chi connectivity index (χ0n) is 12.6. The van der Waals surface area contributed by atoms with Gasteiger partial charge in [-0.2, -0.15) is 11.8 Å². The molecular weight excluding hydrogens is 282 g/mol. The van der Waals surface area contributed by atoms with Crippen LogP contribution in [0.1, 0.15) is 35.2 Å². The first-order valence-electron chi connectivity index (χ1n) is 7.74. The van der Waals surface area contributed by atoms with E-state index in [2.05, 4.69) is 23.3 Å². The van der Waals surface area contributed by atoms with Crippen LogP contribution in [0.2, 0.25) is 0 Å². The number of hydrogen-bond donors (Lipinski definition) is 0. The Balaban J connectivity index is 1.67. The zero-order valence-corrected chi connectivity index (χ0v) is 13.4. The molecule has 1 heterocycles. The second kappa shape index (κ2) is 6.84. The fourth-order valence-corrected chi connectivity index (χ4v) is 3.39. The van der Waals surface area contributed by atoms with Crippen molar-refractivity contribution >= 4 is 17.7 Å². The van der Waals surface area contributed by atoms with Gasteiger partial charge in [0.1, 0.15) is 0 Å². The van der Waals surface area contributed by atoms with Crippen LogP contribution in [0, 0.1) is 5.92 Å². The van der Waals surface area contributed by atoms with Crippen LogP contribution in [0.3, 0.4) is 0 Å². The van der Waals surface area contributed by atoms with Crippen LogP contribution in [0.25, 0.3) is 0 Å². The highest BCUT2D eigenvalue weighted by atomic mass is 32.2. The molecule has 0 spiro atoms. The summed E-state index contributed by atoms with van der Waals surface area (Å²) < 4.78 is 5.45. The topological polar surface area (TPSA) is 29.5 Å². The van der Waals surface area contributed by atoms with Crippen LogP contribution < -0.4 is 0 Å². The summed E-state index contributed by atoms with van der Waals surface area (Å²) in [5.74, 6) is 1.71. The van der Waals surface area contributed by atoms with E-state index < -0.39 is 0 Å². The van der Waals surface area contributed by atoms with Crippen LogP contribution in [0.4, 0.5) is 0 Å². The minimum atomic E-state index is 0.195. The Kier molecular flexibility index (Phi) is 4.86. The lowest BCUT2D eigenvalue weighted by atomic mass is 10.1. The van der Waals surface area contributed by atoms with Gasteiger partial charge in [0, 0.05) is 36.4 Å². The molecule has 3 nitrogen and oxygen atoms in total. The van der Waals surface area contributed by atoms with E-state index in [9.17, 15) is 4.79 Å². The second-order valence-electron chi connectivity index (χ2n) is 6.05. The van der Waals surface area contributed by atoms with Crippen molar-refractivity contribution in [3.05, 3.63) is 35.4 Å². The van der Waals surface area contributed by atoms with Gasteiger partial charge in [-0.25, -0.2) is 0 Å². The maximum atomic E-state index is 12.8. The lowest BCUT2D eigenvalue weighted by Gasteiger charge is -2.25. The molecule has 3 rings (SSSR count). The van der Waals surface area contributed by atoms with Gasteiger partial charge in [-0.05, 0) is 43.2 Å². The minimum Gasteiger partial charge on any atom is -0.381 e. The number of amides is 1. The SMILES string of the molecule is CSCc1ccc(C(=O)N(CC2CCOC2)C2CC2)cc1. The summed E-state index contributed by atoms with van der Waals surface area (Å²) in [4.78, 5) is 14.8. The van der Waals surface area contributed by atoms with Crippen LogP contribution in [-0.4, -0.2) is 42.9 Å². The van der Waals surface area contributed by atoms with Gasteiger partial charge in [0.15, 0.2) is 0 Å². The first-order chi connectivity index (χ1) is 10.3. The van der Waals surface area contributed by atoms with E-state index >= 15 is 0 Å². The van der Waals surface area contributed by atoms with Crippen molar-refractivity contribution in [2.45, 2.75) is 31.1 Å². The van der Waals surface area contributed by atoms with E-state index in [1.807, 2.05) is 12.1 Å². The van der Waals surface area contributed by atoms with Crippen molar-refractivity contribution in [2.24, 2.45) is 5.92 Å². The highest BCUT2D eigenvalue weighted by molar-refractivity contribution is 7.97. The van der Waals surface area contributed by atoms with E-state index in [1.165, 1.54) is 5.56 Å². The monoisotopic (exact) mass is 305 g/mol. The Morgan fingerprint density at radius 2 is 2.05 bits per heavy atom. The van der Waals surface area contributed by atoms with Gasteiger partial charge in [-0.15, -0.1) is 0 Å². The predicted molar refractivity (Wildman–Crippen MR) is 86.6 cm³/mol. The van der Waals surface area contributed by atoms with Gasteiger partial charge >= 0.3 is 0 Å². The number of benzene rings is 1. The third kappa shape index (κ3) is 3.80. The summed E-state index contributed by atoms with van der Waals surface area (Å²) in [6.07, 6.45) is 5.49. The summed E-state index contributed by atoms with van der Waals surface area (Å²) in [6, 6.07) is 8.58. The third-order valence-corrected chi connectivity index (χ3v) is 4.86. The fourth-order valence-electron chi connectivity index (χ4n) is 2.87. The number of nitrogens with zero attached hydrogens (tertiary/aromatic N) is 1. The van der Waals surface area contributed by atoms with Crippen molar-refractivity contribution in [3.63, 3.8) is 0 Å². The molecule has 2 fully saturated rings. The highest BCUT2D eigenvalue weighted by Crippen LogP contribution is 2.30. The molecule has 0 N–H and O–H groups in total. The third-order valence-electron chi connectivity index (χ3n) is 4.24. The van der Waals surface area contributed by atoms with Crippen molar-refractivity contribution in [3.8, 4) is 0 Å². The Morgan fingerprint density at radius 1 is 1.29 bits per heavy atom. The van der Waals surface area contributed by atoms with Gasteiger partial charge in [-0.3, -0.25) is 4.79 Å². The molecule has 1 atom stereocenters. The normalized spacial score (nSPS) is 21.5. The molecule has 1 unspecified atom stereocenters. The van der Waals surface area contributed by atoms with Crippen molar-refractivity contribution in [2.75, 3.05) is 26.0 Å². The Morgan fingerprint density at radius 3 is 2.62 bits per heavy atom. The summed E-state index contributed by atoms with van der Waals surface area (Å²) in [5, 5.41) is 0. The molecule has 0 aromatic heterocycles. The van der Waals surface area contributed by atoms with Crippen molar-refractivity contribution in [1.82, 2.24) is 4.90 Å². The molecule has 0 bridgehead atoms. The molecule has 114 valence electrons. The average Bonchev–Trinajstić information content (AvgIpc) is 3.22. The van der Waals surface area contributed by atoms with E-state index in [1.54, 1.807) is 11.8 Å². The van der Waals surface area contributed by atoms with Crippen LogP contribution in [-0.2, 0) is 10.5 Å². The number of carbonyl (C=O) groups is 1. The lowest BCUT2D eigenvalue weighted by Crippen LogP contribution is -2.37. The molecular formula is C17H23NO2S.